The number of anilines is 1. The summed E-state index contributed by atoms with van der Waals surface area (Å²) in [6.07, 6.45) is 0. The molecule has 1 amide bonds. The van der Waals surface area contributed by atoms with Crippen LogP contribution < -0.4 is 4.90 Å². The van der Waals surface area contributed by atoms with E-state index in [0.29, 0.717) is 11.0 Å². The Balaban J connectivity index is 2.50. The van der Waals surface area contributed by atoms with E-state index in [0.717, 1.165) is 6.07 Å². The highest BCUT2D eigenvalue weighted by Crippen LogP contribution is 2.32. The summed E-state index contributed by atoms with van der Waals surface area (Å²) >= 11 is 0. The second kappa shape index (κ2) is 4.27. The first-order valence-electron chi connectivity index (χ1n) is 5.09. The molecule has 0 aliphatic carbocycles. The van der Waals surface area contributed by atoms with Crippen LogP contribution in [0, 0.1) is 11.6 Å². The van der Waals surface area contributed by atoms with Crippen molar-refractivity contribution in [1.82, 2.24) is 0 Å². The number of fused-ring (bicyclic) bond motifs is 1. The van der Waals surface area contributed by atoms with Gasteiger partial charge in [-0.2, -0.15) is 0 Å². The van der Waals surface area contributed by atoms with Crippen molar-refractivity contribution in [3.8, 4) is 0 Å². The normalized spacial score (nSPS) is 13.7. The molecular weight excluding hydrogens is 260 g/mol. The van der Waals surface area contributed by atoms with E-state index in [1.807, 2.05) is 0 Å². The minimum absolute atomic E-state index is 0.282. The zero-order valence-electron chi connectivity index (χ0n) is 9.44. The van der Waals surface area contributed by atoms with Crippen molar-refractivity contribution in [1.29, 1.82) is 0 Å². The van der Waals surface area contributed by atoms with Gasteiger partial charge in [-0.3, -0.25) is 14.5 Å². The Hall–Kier alpha value is -2.57. The van der Waals surface area contributed by atoms with Crippen molar-refractivity contribution in [3.05, 3.63) is 41.5 Å². The lowest BCUT2D eigenvalue weighted by molar-refractivity contribution is -0.132. The minimum atomic E-state index is -1.37. The molecule has 0 unspecified atom stereocenters. The van der Waals surface area contributed by atoms with Gasteiger partial charge in [-0.15, -0.1) is 0 Å². The molecular formula is C12H7F2NO4. The smallest absolute Gasteiger partial charge is 0.332 e. The van der Waals surface area contributed by atoms with Crippen molar-refractivity contribution < 1.29 is 28.3 Å². The molecule has 0 saturated carbocycles. The summed E-state index contributed by atoms with van der Waals surface area (Å²) in [6, 6.07) is 1.29. The largest absolute Gasteiger partial charge is 0.478 e. The van der Waals surface area contributed by atoms with Gasteiger partial charge in [0.05, 0.1) is 17.8 Å². The fraction of sp³-hybridized carbons (Fsp3) is 0.0833. The van der Waals surface area contributed by atoms with E-state index < -0.39 is 41.4 Å². The summed E-state index contributed by atoms with van der Waals surface area (Å²) in [7, 11) is 0. The summed E-state index contributed by atoms with van der Waals surface area (Å²) in [5.41, 5.74) is -1.21. The van der Waals surface area contributed by atoms with Crippen LogP contribution in [-0.4, -0.2) is 29.3 Å². The maximum Gasteiger partial charge on any atom is 0.332 e. The van der Waals surface area contributed by atoms with E-state index in [1.165, 1.54) is 0 Å². The second-order valence-electron chi connectivity index (χ2n) is 3.91. The number of ketones is 1. The number of carboxylic acids is 1. The lowest BCUT2D eigenvalue weighted by atomic mass is 10.1. The highest BCUT2D eigenvalue weighted by Gasteiger charge is 2.39. The maximum absolute atomic E-state index is 13.5. The lowest BCUT2D eigenvalue weighted by Crippen LogP contribution is -2.32. The van der Waals surface area contributed by atoms with E-state index >= 15 is 0 Å². The average Bonchev–Trinajstić information content (AvgIpc) is 2.54. The van der Waals surface area contributed by atoms with E-state index in [9.17, 15) is 23.2 Å². The summed E-state index contributed by atoms with van der Waals surface area (Å²) in [6.45, 7) is 2.68. The molecule has 2 rings (SSSR count). The fourth-order valence-electron chi connectivity index (χ4n) is 1.75. The molecule has 1 aliphatic rings. The topological polar surface area (TPSA) is 74.7 Å². The van der Waals surface area contributed by atoms with Crippen LogP contribution in [0.3, 0.4) is 0 Å². The zero-order chi connectivity index (χ0) is 14.3. The number of halogens is 2. The first-order chi connectivity index (χ1) is 8.82. The second-order valence-corrected chi connectivity index (χ2v) is 3.91. The molecule has 5 nitrogen and oxygen atoms in total. The first-order valence-corrected chi connectivity index (χ1v) is 5.09. The number of carbonyl (C=O) groups is 3. The molecule has 0 bridgehead atoms. The van der Waals surface area contributed by atoms with Crippen LogP contribution in [0.5, 0.6) is 0 Å². The number of carbonyl (C=O) groups excluding carboxylic acids is 2. The first kappa shape index (κ1) is 12.9. The number of Topliss-reactive ketones (excluding diaryl/α,β-unsaturated/α-hetero) is 1. The Kier molecular flexibility index (Phi) is 2.89. The van der Waals surface area contributed by atoms with E-state index in [4.69, 9.17) is 5.11 Å². The van der Waals surface area contributed by atoms with Gasteiger partial charge in [-0.05, 0) is 6.07 Å². The predicted octanol–water partition coefficient (Wildman–Crippen LogP) is 1.13. The molecule has 98 valence electrons. The molecule has 0 fully saturated rings. The van der Waals surface area contributed by atoms with Crippen molar-refractivity contribution in [2.45, 2.75) is 0 Å². The van der Waals surface area contributed by atoms with Crippen molar-refractivity contribution in [2.24, 2.45) is 0 Å². The Labute approximate surface area is 105 Å². The van der Waals surface area contributed by atoms with Crippen LogP contribution in [0.2, 0.25) is 0 Å². The van der Waals surface area contributed by atoms with Gasteiger partial charge in [0.15, 0.2) is 0 Å². The van der Waals surface area contributed by atoms with Gasteiger partial charge in [0.2, 0.25) is 0 Å². The van der Waals surface area contributed by atoms with Crippen LogP contribution in [0.1, 0.15) is 10.4 Å². The lowest BCUT2D eigenvalue weighted by Gasteiger charge is -2.16. The zero-order valence-corrected chi connectivity index (χ0v) is 9.44. The van der Waals surface area contributed by atoms with Crippen LogP contribution in [0.25, 0.3) is 0 Å². The minimum Gasteiger partial charge on any atom is -0.478 e. The standard InChI is InChI=1S/C12H7F2NO4/c1-5(12(18)19)4-15-8-3-6(13)2-7(14)9(8)10(16)11(15)17/h2-3H,1,4H2,(H,18,19). The summed E-state index contributed by atoms with van der Waals surface area (Å²) < 4.78 is 26.6. The summed E-state index contributed by atoms with van der Waals surface area (Å²) in [5, 5.41) is 8.68. The average molecular weight is 267 g/mol. The van der Waals surface area contributed by atoms with Gasteiger partial charge in [0, 0.05) is 11.6 Å². The van der Waals surface area contributed by atoms with Crippen LogP contribution in [-0.2, 0) is 9.59 Å². The number of amides is 1. The molecule has 1 heterocycles. The number of hydrogen-bond donors (Lipinski definition) is 1. The Morgan fingerprint density at radius 2 is 1.95 bits per heavy atom. The van der Waals surface area contributed by atoms with Gasteiger partial charge >= 0.3 is 5.97 Å². The third kappa shape index (κ3) is 1.99. The van der Waals surface area contributed by atoms with Crippen molar-refractivity contribution >= 4 is 23.3 Å². The van der Waals surface area contributed by atoms with Crippen molar-refractivity contribution in [2.75, 3.05) is 11.4 Å². The number of carboxylic acid groups (broad SMARTS) is 1. The molecule has 1 N–H and O–H groups in total. The summed E-state index contributed by atoms with van der Waals surface area (Å²) in [5.74, 6) is -5.74. The van der Waals surface area contributed by atoms with E-state index in [1.54, 1.807) is 0 Å². The number of benzene rings is 1. The molecule has 19 heavy (non-hydrogen) atoms. The van der Waals surface area contributed by atoms with Crippen molar-refractivity contribution in [3.63, 3.8) is 0 Å². The third-order valence-corrected chi connectivity index (χ3v) is 2.64. The van der Waals surface area contributed by atoms with Crippen LogP contribution in [0.15, 0.2) is 24.3 Å². The molecule has 1 aromatic carbocycles. The number of rotatable bonds is 3. The molecule has 7 heteroatoms. The van der Waals surface area contributed by atoms with E-state index in [-0.39, 0.29) is 11.3 Å². The number of hydrogen-bond acceptors (Lipinski definition) is 3. The number of aliphatic carboxylic acids is 1. The molecule has 0 radical (unpaired) electrons. The van der Waals surface area contributed by atoms with Gasteiger partial charge in [0.25, 0.3) is 11.7 Å². The fourth-order valence-corrected chi connectivity index (χ4v) is 1.75. The molecule has 0 spiro atoms. The highest BCUT2D eigenvalue weighted by molar-refractivity contribution is 6.52. The Bertz CT molecular complexity index is 639. The van der Waals surface area contributed by atoms with Crippen LogP contribution >= 0.6 is 0 Å². The van der Waals surface area contributed by atoms with Gasteiger partial charge < -0.3 is 5.11 Å². The monoisotopic (exact) mass is 267 g/mol. The maximum atomic E-state index is 13.5. The van der Waals surface area contributed by atoms with Crippen LogP contribution in [0.4, 0.5) is 14.5 Å². The molecule has 1 aromatic rings. The predicted molar refractivity (Wildman–Crippen MR) is 59.8 cm³/mol. The summed E-state index contributed by atoms with van der Waals surface area (Å²) in [4.78, 5) is 34.5. The Morgan fingerprint density at radius 1 is 1.32 bits per heavy atom. The van der Waals surface area contributed by atoms with E-state index in [2.05, 4.69) is 6.58 Å². The molecule has 0 atom stereocenters. The highest BCUT2D eigenvalue weighted by atomic mass is 19.1. The molecule has 0 saturated heterocycles. The molecule has 1 aliphatic heterocycles. The molecule has 0 aromatic heterocycles. The third-order valence-electron chi connectivity index (χ3n) is 2.64. The van der Waals surface area contributed by atoms with Gasteiger partial charge in [-0.1, -0.05) is 6.58 Å². The Morgan fingerprint density at radius 3 is 2.53 bits per heavy atom. The quantitative estimate of drug-likeness (QED) is 0.658. The van der Waals surface area contributed by atoms with Gasteiger partial charge in [0.1, 0.15) is 11.6 Å². The SMILES string of the molecule is C=C(CN1C(=O)C(=O)c2c(F)cc(F)cc21)C(=O)O. The number of nitrogens with zero attached hydrogens (tertiary/aromatic N) is 1. The van der Waals surface area contributed by atoms with Gasteiger partial charge in [-0.25, -0.2) is 13.6 Å².